The number of carbonyl (C=O) groups excluding carboxylic acids is 1. The predicted octanol–water partition coefficient (Wildman–Crippen LogP) is 1.88. The summed E-state index contributed by atoms with van der Waals surface area (Å²) in [5.41, 5.74) is 0.156. The van der Waals surface area contributed by atoms with Gasteiger partial charge in [-0.1, -0.05) is 0 Å². The summed E-state index contributed by atoms with van der Waals surface area (Å²) in [6, 6.07) is 4.95. The summed E-state index contributed by atoms with van der Waals surface area (Å²) in [4.78, 5) is 11.0. The van der Waals surface area contributed by atoms with E-state index >= 15 is 0 Å². The van der Waals surface area contributed by atoms with Crippen molar-refractivity contribution in [3.63, 3.8) is 0 Å². The number of carbonyl (C=O) groups is 1. The molecule has 0 saturated heterocycles. The highest BCUT2D eigenvalue weighted by atomic mass is 32.2. The van der Waals surface area contributed by atoms with Crippen LogP contribution in [0.4, 0.5) is 14.5 Å². The van der Waals surface area contributed by atoms with Gasteiger partial charge in [0, 0.05) is 5.56 Å². The zero-order chi connectivity index (χ0) is 13.2. The average Bonchev–Trinajstić information content (AvgIpc) is 2.15. The van der Waals surface area contributed by atoms with Crippen molar-refractivity contribution >= 4 is 21.5 Å². The number of halogens is 2. The van der Waals surface area contributed by atoms with Crippen molar-refractivity contribution in [2.45, 2.75) is 13.5 Å². The molecule has 0 fully saturated rings. The molecule has 0 aromatic heterocycles. The molecule has 0 aliphatic carbocycles. The van der Waals surface area contributed by atoms with Crippen LogP contribution in [0.25, 0.3) is 0 Å². The van der Waals surface area contributed by atoms with Gasteiger partial charge in [0.1, 0.15) is 0 Å². The third-order valence-electron chi connectivity index (χ3n) is 2.06. The van der Waals surface area contributed by atoms with Crippen LogP contribution in [-0.4, -0.2) is 27.0 Å². The zero-order valence-electron chi connectivity index (χ0n) is 9.22. The molecule has 0 heterocycles. The van der Waals surface area contributed by atoms with Crippen LogP contribution in [0.15, 0.2) is 24.3 Å². The van der Waals surface area contributed by atoms with Crippen molar-refractivity contribution in [3.8, 4) is 0 Å². The highest BCUT2D eigenvalue weighted by molar-refractivity contribution is 7.92. The second-order valence-electron chi connectivity index (χ2n) is 3.44. The van der Waals surface area contributed by atoms with Crippen LogP contribution in [-0.2, 0) is 10.0 Å². The Bertz CT molecular complexity index is 511. The molecule has 0 atom stereocenters. The monoisotopic (exact) mass is 263 g/mol. The number of nitrogens with zero attached hydrogens (tertiary/aromatic N) is 1. The molecule has 94 valence electrons. The van der Waals surface area contributed by atoms with E-state index in [1.54, 1.807) is 0 Å². The number of hydrogen-bond donors (Lipinski definition) is 0. The van der Waals surface area contributed by atoms with Crippen molar-refractivity contribution in [1.82, 2.24) is 0 Å². The Kier molecular flexibility index (Phi) is 3.82. The maximum atomic E-state index is 12.6. The van der Waals surface area contributed by atoms with Gasteiger partial charge in [-0.25, -0.2) is 12.7 Å². The summed E-state index contributed by atoms with van der Waals surface area (Å²) < 4.78 is 47.6. The van der Waals surface area contributed by atoms with E-state index < -0.39 is 16.6 Å². The van der Waals surface area contributed by atoms with Gasteiger partial charge in [0.25, 0.3) is 0 Å². The summed E-state index contributed by atoms with van der Waals surface area (Å²) in [5, 5.41) is 0. The Hall–Kier alpha value is -1.50. The van der Waals surface area contributed by atoms with E-state index in [-0.39, 0.29) is 15.8 Å². The minimum atomic E-state index is -4.05. The average molecular weight is 263 g/mol. The molecule has 0 N–H and O–H groups in total. The van der Waals surface area contributed by atoms with Gasteiger partial charge in [0.2, 0.25) is 10.0 Å². The predicted molar refractivity (Wildman–Crippen MR) is 59.8 cm³/mol. The molecule has 0 spiro atoms. The summed E-state index contributed by atoms with van der Waals surface area (Å²) in [7, 11) is -4.05. The highest BCUT2D eigenvalue weighted by Crippen LogP contribution is 2.22. The SMILES string of the molecule is CC(=O)c1ccc(N(C(F)F)S(C)(=O)=O)cc1. The lowest BCUT2D eigenvalue weighted by molar-refractivity contribution is 0.101. The van der Waals surface area contributed by atoms with Crippen LogP contribution in [0.2, 0.25) is 0 Å². The first-order valence-electron chi connectivity index (χ1n) is 4.62. The molecule has 0 saturated carbocycles. The largest absolute Gasteiger partial charge is 0.327 e. The van der Waals surface area contributed by atoms with Gasteiger partial charge in [-0.15, -0.1) is 0 Å². The maximum Gasteiger partial charge on any atom is 0.327 e. The molecule has 1 rings (SSSR count). The molecule has 0 unspecified atom stereocenters. The number of alkyl halides is 2. The van der Waals surface area contributed by atoms with Crippen LogP contribution in [0.1, 0.15) is 17.3 Å². The number of ketones is 1. The first-order valence-corrected chi connectivity index (χ1v) is 6.47. The quantitative estimate of drug-likeness (QED) is 0.615. The van der Waals surface area contributed by atoms with Crippen LogP contribution < -0.4 is 4.31 Å². The third kappa shape index (κ3) is 3.23. The summed E-state index contributed by atoms with van der Waals surface area (Å²) in [6.07, 6.45) is 0.693. The lowest BCUT2D eigenvalue weighted by Gasteiger charge is -2.21. The van der Waals surface area contributed by atoms with Gasteiger partial charge in [-0.2, -0.15) is 8.78 Å². The molecule has 1 aromatic rings. The van der Waals surface area contributed by atoms with Crippen LogP contribution in [0.5, 0.6) is 0 Å². The Labute approximate surface area is 97.9 Å². The fourth-order valence-electron chi connectivity index (χ4n) is 1.29. The lowest BCUT2D eigenvalue weighted by Crippen LogP contribution is -2.34. The summed E-state index contributed by atoms with van der Waals surface area (Å²) in [6.45, 7) is -1.83. The van der Waals surface area contributed by atoms with Crippen molar-refractivity contribution in [3.05, 3.63) is 29.8 Å². The molecule has 0 aliphatic heterocycles. The first kappa shape index (κ1) is 13.6. The van der Waals surface area contributed by atoms with Gasteiger partial charge < -0.3 is 0 Å². The fraction of sp³-hybridized carbons (Fsp3) is 0.300. The number of anilines is 1. The van der Waals surface area contributed by atoms with E-state index in [1.807, 2.05) is 0 Å². The first-order chi connectivity index (χ1) is 7.73. The Morgan fingerprint density at radius 3 is 2.00 bits per heavy atom. The molecule has 0 aliphatic rings. The van der Waals surface area contributed by atoms with Crippen LogP contribution >= 0.6 is 0 Å². The Morgan fingerprint density at radius 1 is 1.24 bits per heavy atom. The topological polar surface area (TPSA) is 54.5 Å². The number of hydrogen-bond acceptors (Lipinski definition) is 3. The van der Waals surface area contributed by atoms with E-state index in [1.165, 1.54) is 31.2 Å². The van der Waals surface area contributed by atoms with E-state index in [2.05, 4.69) is 0 Å². The van der Waals surface area contributed by atoms with Crippen molar-refractivity contribution in [2.75, 3.05) is 10.6 Å². The zero-order valence-corrected chi connectivity index (χ0v) is 10.0. The van der Waals surface area contributed by atoms with E-state index in [0.29, 0.717) is 11.8 Å². The van der Waals surface area contributed by atoms with Crippen LogP contribution in [0, 0.1) is 0 Å². The minimum absolute atomic E-state index is 0.00306. The van der Waals surface area contributed by atoms with Crippen molar-refractivity contribution in [1.29, 1.82) is 0 Å². The number of sulfonamides is 1. The minimum Gasteiger partial charge on any atom is -0.295 e. The molecular formula is C10H11F2NO3S. The molecule has 0 radical (unpaired) electrons. The van der Waals surface area contributed by atoms with Crippen LogP contribution in [0.3, 0.4) is 0 Å². The molecule has 17 heavy (non-hydrogen) atoms. The Balaban J connectivity index is 3.18. The van der Waals surface area contributed by atoms with Gasteiger partial charge in [-0.05, 0) is 31.2 Å². The fourth-order valence-corrected chi connectivity index (χ4v) is 2.09. The normalized spacial score (nSPS) is 11.6. The third-order valence-corrected chi connectivity index (χ3v) is 3.15. The molecule has 7 heteroatoms. The van der Waals surface area contributed by atoms with Gasteiger partial charge >= 0.3 is 6.55 Å². The Morgan fingerprint density at radius 2 is 1.71 bits per heavy atom. The summed E-state index contributed by atoms with van der Waals surface area (Å²) >= 11 is 0. The second kappa shape index (κ2) is 4.79. The molecular weight excluding hydrogens is 252 g/mol. The number of benzene rings is 1. The van der Waals surface area contributed by atoms with Gasteiger partial charge in [-0.3, -0.25) is 4.79 Å². The molecule has 0 amide bonds. The smallest absolute Gasteiger partial charge is 0.295 e. The highest BCUT2D eigenvalue weighted by Gasteiger charge is 2.26. The van der Waals surface area contributed by atoms with Crippen molar-refractivity contribution < 1.29 is 22.0 Å². The number of rotatable bonds is 4. The van der Waals surface area contributed by atoms with E-state index in [9.17, 15) is 22.0 Å². The standard InChI is InChI=1S/C10H11F2NO3S/c1-7(14)8-3-5-9(6-4-8)13(10(11)12)17(2,15)16/h3-6,10H,1-2H3. The van der Waals surface area contributed by atoms with E-state index in [4.69, 9.17) is 0 Å². The molecule has 4 nitrogen and oxygen atoms in total. The van der Waals surface area contributed by atoms with Crippen molar-refractivity contribution in [2.24, 2.45) is 0 Å². The van der Waals surface area contributed by atoms with Gasteiger partial charge in [0.15, 0.2) is 5.78 Å². The van der Waals surface area contributed by atoms with Gasteiger partial charge in [0.05, 0.1) is 11.9 Å². The lowest BCUT2D eigenvalue weighted by atomic mass is 10.1. The molecule has 0 bridgehead atoms. The maximum absolute atomic E-state index is 12.6. The summed E-state index contributed by atoms with van der Waals surface area (Å²) in [5.74, 6) is -0.223. The van der Waals surface area contributed by atoms with E-state index in [0.717, 1.165) is 0 Å². The second-order valence-corrected chi connectivity index (χ2v) is 5.30. The molecule has 1 aromatic carbocycles. The number of Topliss-reactive ketones (excluding diaryl/α,β-unsaturated/α-hetero) is 1.